The Bertz CT molecular complexity index is 1000. The zero-order valence-corrected chi connectivity index (χ0v) is 17.3. The summed E-state index contributed by atoms with van der Waals surface area (Å²) in [5.74, 6) is -0.633. The van der Waals surface area contributed by atoms with Gasteiger partial charge in [0.2, 0.25) is 11.8 Å². The maximum atomic E-state index is 12.3. The Labute approximate surface area is 184 Å². The summed E-state index contributed by atoms with van der Waals surface area (Å²) in [7, 11) is 0. The number of anilines is 2. The first kappa shape index (κ1) is 21.4. The van der Waals surface area contributed by atoms with E-state index in [9.17, 15) is 9.59 Å². The second-order valence-electron chi connectivity index (χ2n) is 6.29. The molecule has 0 saturated carbocycles. The molecule has 0 aliphatic carbocycles. The number of carbonyl (C=O) groups is 2. The summed E-state index contributed by atoms with van der Waals surface area (Å²) in [5, 5.41) is 6.81. The van der Waals surface area contributed by atoms with Crippen molar-refractivity contribution >= 4 is 58.5 Å². The van der Waals surface area contributed by atoms with Crippen LogP contribution in [-0.2, 0) is 9.59 Å². The van der Waals surface area contributed by atoms with Crippen molar-refractivity contribution in [1.82, 2.24) is 0 Å². The second kappa shape index (κ2) is 10.4. The van der Waals surface area contributed by atoms with Crippen molar-refractivity contribution in [3.8, 4) is 0 Å². The summed E-state index contributed by atoms with van der Waals surface area (Å²) in [4.78, 5) is 24.5. The average Bonchev–Trinajstić information content (AvgIpc) is 2.74. The number of halogens is 2. The Morgan fingerprint density at radius 3 is 1.33 bits per heavy atom. The molecule has 0 saturated heterocycles. The van der Waals surface area contributed by atoms with E-state index in [1.807, 2.05) is 24.3 Å². The Balaban J connectivity index is 1.63. The zero-order chi connectivity index (χ0) is 21.3. The van der Waals surface area contributed by atoms with Crippen LogP contribution in [0.4, 0.5) is 11.4 Å². The van der Waals surface area contributed by atoms with E-state index < -0.39 is 0 Å². The third-order valence-electron chi connectivity index (χ3n) is 4.04. The van der Waals surface area contributed by atoms with Gasteiger partial charge in [-0.15, -0.1) is 0 Å². The van der Waals surface area contributed by atoms with E-state index in [-0.39, 0.29) is 11.8 Å². The molecule has 0 aliphatic rings. The van der Waals surface area contributed by atoms with Gasteiger partial charge in [-0.2, -0.15) is 0 Å². The lowest BCUT2D eigenvalue weighted by atomic mass is 10.2. The molecule has 3 aromatic carbocycles. The summed E-state index contributed by atoms with van der Waals surface area (Å²) < 4.78 is 0. The number of hydrogen-bond donors (Lipinski definition) is 2. The van der Waals surface area contributed by atoms with Gasteiger partial charge in [0.15, 0.2) is 0 Å². The largest absolute Gasteiger partial charge is 0.321 e. The molecule has 150 valence electrons. The summed E-state index contributed by atoms with van der Waals surface area (Å²) in [6.07, 6.45) is 6.20. The molecule has 0 unspecified atom stereocenters. The van der Waals surface area contributed by atoms with Crippen LogP contribution >= 0.6 is 23.2 Å². The summed E-state index contributed by atoms with van der Waals surface area (Å²) in [6.45, 7) is 0. The Kier molecular flexibility index (Phi) is 7.44. The molecule has 2 amide bonds. The lowest BCUT2D eigenvalue weighted by Crippen LogP contribution is -2.13. The minimum atomic E-state index is -0.316. The van der Waals surface area contributed by atoms with Crippen LogP contribution in [0, 0.1) is 0 Å². The van der Waals surface area contributed by atoms with Crippen LogP contribution in [0.15, 0.2) is 84.9 Å². The van der Waals surface area contributed by atoms with E-state index in [1.54, 1.807) is 60.7 Å². The first-order valence-electron chi connectivity index (χ1n) is 9.08. The van der Waals surface area contributed by atoms with Crippen LogP contribution in [0.2, 0.25) is 10.0 Å². The van der Waals surface area contributed by atoms with Crippen LogP contribution in [0.5, 0.6) is 0 Å². The summed E-state index contributed by atoms with van der Waals surface area (Å²) >= 11 is 11.7. The van der Waals surface area contributed by atoms with Crippen molar-refractivity contribution in [2.24, 2.45) is 0 Å². The van der Waals surface area contributed by atoms with Gasteiger partial charge in [-0.25, -0.2) is 0 Å². The molecule has 3 aromatic rings. The van der Waals surface area contributed by atoms with Crippen molar-refractivity contribution in [1.29, 1.82) is 0 Å². The topological polar surface area (TPSA) is 58.2 Å². The minimum Gasteiger partial charge on any atom is -0.321 e. The van der Waals surface area contributed by atoms with Gasteiger partial charge in [0.25, 0.3) is 0 Å². The number of benzene rings is 3. The number of hydrogen-bond acceptors (Lipinski definition) is 2. The molecule has 0 fully saturated rings. The molecule has 0 heterocycles. The number of carbonyl (C=O) groups excluding carboxylic acids is 2. The molecule has 3 rings (SSSR count). The predicted molar refractivity (Wildman–Crippen MR) is 125 cm³/mol. The van der Waals surface area contributed by atoms with Crippen LogP contribution < -0.4 is 10.6 Å². The van der Waals surface area contributed by atoms with Gasteiger partial charge in [-0.1, -0.05) is 59.6 Å². The minimum absolute atomic E-state index is 0.316. The molecular formula is C24H18Cl2N2O2. The fourth-order valence-corrected chi connectivity index (χ4v) is 2.79. The highest BCUT2D eigenvalue weighted by molar-refractivity contribution is 6.30. The molecule has 0 aliphatic heterocycles. The van der Waals surface area contributed by atoms with Crippen LogP contribution in [0.3, 0.4) is 0 Å². The lowest BCUT2D eigenvalue weighted by Gasteiger charge is -2.10. The molecule has 0 spiro atoms. The fraction of sp³-hybridized carbons (Fsp3) is 0. The summed E-state index contributed by atoms with van der Waals surface area (Å²) in [6, 6.07) is 21.2. The number of rotatable bonds is 6. The fourth-order valence-electron chi connectivity index (χ4n) is 2.54. The number of amides is 2. The maximum Gasteiger partial charge on any atom is 0.248 e. The molecule has 0 bridgehead atoms. The average molecular weight is 437 g/mol. The molecular weight excluding hydrogens is 419 g/mol. The van der Waals surface area contributed by atoms with Crippen molar-refractivity contribution in [3.05, 3.63) is 106 Å². The van der Waals surface area contributed by atoms with E-state index in [0.717, 1.165) is 11.1 Å². The van der Waals surface area contributed by atoms with Crippen LogP contribution in [-0.4, -0.2) is 11.8 Å². The molecule has 6 heteroatoms. The highest BCUT2D eigenvalue weighted by Crippen LogP contribution is 2.21. The highest BCUT2D eigenvalue weighted by atomic mass is 35.5. The Hall–Kier alpha value is -3.34. The van der Waals surface area contributed by atoms with E-state index in [0.29, 0.717) is 21.4 Å². The second-order valence-corrected chi connectivity index (χ2v) is 7.17. The quantitative estimate of drug-likeness (QED) is 0.445. The Morgan fingerprint density at radius 1 is 0.600 bits per heavy atom. The van der Waals surface area contributed by atoms with Crippen molar-refractivity contribution in [3.63, 3.8) is 0 Å². The number of para-hydroxylation sites is 2. The van der Waals surface area contributed by atoms with Crippen LogP contribution in [0.25, 0.3) is 12.2 Å². The molecule has 30 heavy (non-hydrogen) atoms. The van der Waals surface area contributed by atoms with Crippen molar-refractivity contribution < 1.29 is 9.59 Å². The van der Waals surface area contributed by atoms with E-state index in [4.69, 9.17) is 23.2 Å². The monoisotopic (exact) mass is 436 g/mol. The van der Waals surface area contributed by atoms with E-state index in [2.05, 4.69) is 10.6 Å². The van der Waals surface area contributed by atoms with Gasteiger partial charge < -0.3 is 10.6 Å². The van der Waals surface area contributed by atoms with Gasteiger partial charge >= 0.3 is 0 Å². The van der Waals surface area contributed by atoms with Gasteiger partial charge in [-0.3, -0.25) is 9.59 Å². The molecule has 2 N–H and O–H groups in total. The third-order valence-corrected chi connectivity index (χ3v) is 4.54. The summed E-state index contributed by atoms with van der Waals surface area (Å²) in [5.41, 5.74) is 2.69. The third kappa shape index (κ3) is 6.62. The molecule has 0 atom stereocenters. The Morgan fingerprint density at radius 2 is 0.967 bits per heavy atom. The zero-order valence-electron chi connectivity index (χ0n) is 15.8. The van der Waals surface area contributed by atoms with Gasteiger partial charge in [0, 0.05) is 22.2 Å². The van der Waals surface area contributed by atoms with Gasteiger partial charge in [0.05, 0.1) is 11.4 Å². The first-order valence-corrected chi connectivity index (χ1v) is 9.83. The maximum absolute atomic E-state index is 12.3. The van der Waals surface area contributed by atoms with Crippen LogP contribution in [0.1, 0.15) is 11.1 Å². The van der Waals surface area contributed by atoms with Gasteiger partial charge in [-0.05, 0) is 59.7 Å². The van der Waals surface area contributed by atoms with Crippen molar-refractivity contribution in [2.75, 3.05) is 10.6 Å². The SMILES string of the molecule is O=C(/C=C\c1ccc(Cl)cc1)Nc1ccccc1NC(=O)/C=C/c1ccc(Cl)cc1. The van der Waals surface area contributed by atoms with E-state index in [1.165, 1.54) is 12.2 Å². The predicted octanol–water partition coefficient (Wildman–Crippen LogP) is 6.30. The number of nitrogens with one attached hydrogen (secondary N) is 2. The van der Waals surface area contributed by atoms with Gasteiger partial charge in [0.1, 0.15) is 0 Å². The molecule has 0 aromatic heterocycles. The van der Waals surface area contributed by atoms with E-state index >= 15 is 0 Å². The van der Waals surface area contributed by atoms with Crippen molar-refractivity contribution in [2.45, 2.75) is 0 Å². The normalized spacial score (nSPS) is 11.0. The first-order chi connectivity index (χ1) is 14.5. The molecule has 4 nitrogen and oxygen atoms in total. The molecule has 0 radical (unpaired) electrons. The lowest BCUT2D eigenvalue weighted by molar-refractivity contribution is -0.112. The smallest absolute Gasteiger partial charge is 0.248 e. The standard InChI is InChI=1S/C24H18Cl2N2O2/c25-19-11-5-17(6-12-19)9-15-23(29)27-21-3-1-2-4-22(21)28-24(30)16-10-18-7-13-20(26)14-8-18/h1-16H,(H,27,29)(H,28,30)/b15-9-,16-10+. The highest BCUT2D eigenvalue weighted by Gasteiger charge is 2.06.